The summed E-state index contributed by atoms with van der Waals surface area (Å²) in [4.78, 5) is 26.8. The van der Waals surface area contributed by atoms with Crippen LogP contribution in [0.1, 0.15) is 68.3 Å². The number of H-pyrrole nitrogens is 1. The third-order valence-electron chi connectivity index (χ3n) is 7.58. The van der Waals surface area contributed by atoms with Gasteiger partial charge in [0.1, 0.15) is 11.7 Å². The van der Waals surface area contributed by atoms with Gasteiger partial charge in [-0.15, -0.1) is 0 Å². The maximum Gasteiger partial charge on any atom is 0.270 e. The maximum absolute atomic E-state index is 13.6. The molecule has 3 aromatic rings. The Bertz CT molecular complexity index is 1190. The van der Waals surface area contributed by atoms with Gasteiger partial charge in [0, 0.05) is 29.7 Å². The number of aromatic nitrogens is 4. The molecule has 2 amide bonds. The van der Waals surface area contributed by atoms with Crippen molar-refractivity contribution in [1.82, 2.24) is 25.3 Å². The van der Waals surface area contributed by atoms with E-state index in [9.17, 15) is 9.59 Å². The summed E-state index contributed by atoms with van der Waals surface area (Å²) in [5.41, 5.74) is 5.62. The first kappa shape index (κ1) is 24.3. The van der Waals surface area contributed by atoms with Crippen LogP contribution in [0.4, 0.5) is 5.69 Å². The molecule has 8 nitrogen and oxygen atoms in total. The Kier molecular flexibility index (Phi) is 6.94. The molecule has 3 N–H and O–H groups in total. The zero-order chi connectivity index (χ0) is 25.2. The van der Waals surface area contributed by atoms with Crippen LogP contribution >= 0.6 is 0 Å². The minimum atomic E-state index is -0.565. The molecule has 0 saturated heterocycles. The SMILES string of the molecule is CCc1n[nH]c(CC)c1-c1ccc(NC(=O)[C@@H](NC(=O)c2ccnn2CC)C(C2CC2)C2CC2)cc1. The van der Waals surface area contributed by atoms with E-state index in [0.717, 1.165) is 66.7 Å². The molecule has 0 unspecified atom stereocenters. The smallest absolute Gasteiger partial charge is 0.270 e. The normalized spacial score (nSPS) is 16.2. The van der Waals surface area contributed by atoms with Gasteiger partial charge in [-0.25, -0.2) is 0 Å². The highest BCUT2D eigenvalue weighted by Gasteiger charge is 2.48. The maximum atomic E-state index is 13.6. The van der Waals surface area contributed by atoms with Gasteiger partial charge in [-0.05, 0) is 87.0 Å². The summed E-state index contributed by atoms with van der Waals surface area (Å²) in [7, 11) is 0. The summed E-state index contributed by atoms with van der Waals surface area (Å²) in [6, 6.07) is 9.09. The van der Waals surface area contributed by atoms with Crippen molar-refractivity contribution in [3.8, 4) is 11.1 Å². The number of carbonyl (C=O) groups is 2. The zero-order valence-corrected chi connectivity index (χ0v) is 21.4. The number of amides is 2. The van der Waals surface area contributed by atoms with E-state index in [1.54, 1.807) is 16.9 Å². The summed E-state index contributed by atoms with van der Waals surface area (Å²) in [5.74, 6) is 0.807. The van der Waals surface area contributed by atoms with Crippen LogP contribution in [0.15, 0.2) is 36.5 Å². The van der Waals surface area contributed by atoms with Crippen LogP contribution in [0, 0.1) is 17.8 Å². The van der Waals surface area contributed by atoms with Gasteiger partial charge in [-0.2, -0.15) is 10.2 Å². The lowest BCUT2D eigenvalue weighted by molar-refractivity contribution is -0.119. The standard InChI is InChI=1S/C28H36N6O2/c1-4-21-25(22(5-2)33-32-21)19-11-13-20(14-12-19)30-28(36)26(24(17-7-8-17)18-9-10-18)31-27(35)23-15-16-29-34(23)6-3/h11-18,24,26H,4-10H2,1-3H3,(H,30,36)(H,31,35)(H,32,33)/t26-/m0/s1. The molecule has 36 heavy (non-hydrogen) atoms. The van der Waals surface area contributed by atoms with E-state index < -0.39 is 6.04 Å². The number of carbonyl (C=O) groups excluding carboxylic acids is 2. The first-order valence-electron chi connectivity index (χ1n) is 13.3. The molecule has 0 radical (unpaired) electrons. The molecule has 0 aliphatic heterocycles. The van der Waals surface area contributed by atoms with Crippen LogP contribution in [0.3, 0.4) is 0 Å². The molecule has 0 spiro atoms. The second kappa shape index (κ2) is 10.3. The van der Waals surface area contributed by atoms with Crippen molar-refractivity contribution in [2.24, 2.45) is 17.8 Å². The molecule has 2 aliphatic rings. The van der Waals surface area contributed by atoms with E-state index in [1.165, 1.54) is 0 Å². The fourth-order valence-corrected chi connectivity index (χ4v) is 5.43. The molecule has 190 valence electrons. The largest absolute Gasteiger partial charge is 0.339 e. The predicted octanol–water partition coefficient (Wildman–Crippen LogP) is 4.59. The Morgan fingerprint density at radius 3 is 2.31 bits per heavy atom. The molecular weight excluding hydrogens is 452 g/mol. The summed E-state index contributed by atoms with van der Waals surface area (Å²) < 4.78 is 1.66. The van der Waals surface area contributed by atoms with Gasteiger partial charge in [0.15, 0.2) is 0 Å². The van der Waals surface area contributed by atoms with Crippen molar-refractivity contribution < 1.29 is 9.59 Å². The predicted molar refractivity (Wildman–Crippen MR) is 140 cm³/mol. The second-order valence-electron chi connectivity index (χ2n) is 10.0. The van der Waals surface area contributed by atoms with E-state index >= 15 is 0 Å². The summed E-state index contributed by atoms with van der Waals surface area (Å²) >= 11 is 0. The minimum Gasteiger partial charge on any atom is -0.339 e. The number of aryl methyl sites for hydroxylation is 3. The van der Waals surface area contributed by atoms with Crippen LogP contribution in [-0.4, -0.2) is 37.8 Å². The monoisotopic (exact) mass is 488 g/mol. The molecule has 5 rings (SSSR count). The average Bonchev–Trinajstić information content (AvgIpc) is 3.82. The van der Waals surface area contributed by atoms with Crippen molar-refractivity contribution in [3.63, 3.8) is 0 Å². The highest BCUT2D eigenvalue weighted by Crippen LogP contribution is 2.51. The third kappa shape index (κ3) is 4.94. The van der Waals surface area contributed by atoms with Crippen molar-refractivity contribution >= 4 is 17.5 Å². The first-order valence-corrected chi connectivity index (χ1v) is 13.3. The first-order chi connectivity index (χ1) is 17.5. The number of anilines is 1. The lowest BCUT2D eigenvalue weighted by Gasteiger charge is -2.27. The number of nitrogens with zero attached hydrogens (tertiary/aromatic N) is 3. The summed E-state index contributed by atoms with van der Waals surface area (Å²) in [5, 5.41) is 18.0. The van der Waals surface area contributed by atoms with Crippen LogP contribution in [0.5, 0.6) is 0 Å². The van der Waals surface area contributed by atoms with Gasteiger partial charge in [0.2, 0.25) is 5.91 Å². The van der Waals surface area contributed by atoms with Gasteiger partial charge >= 0.3 is 0 Å². The van der Waals surface area contributed by atoms with Crippen molar-refractivity contribution in [2.75, 3.05) is 5.32 Å². The lowest BCUT2D eigenvalue weighted by Crippen LogP contribution is -2.50. The van der Waals surface area contributed by atoms with Crippen molar-refractivity contribution in [1.29, 1.82) is 0 Å². The Hall–Kier alpha value is -3.42. The fraction of sp³-hybridized carbons (Fsp3) is 0.500. The zero-order valence-electron chi connectivity index (χ0n) is 21.4. The molecule has 1 aromatic carbocycles. The molecular formula is C28H36N6O2. The van der Waals surface area contributed by atoms with E-state index in [0.29, 0.717) is 24.1 Å². The number of benzene rings is 1. The highest BCUT2D eigenvalue weighted by molar-refractivity contribution is 6.01. The van der Waals surface area contributed by atoms with Gasteiger partial charge < -0.3 is 10.6 Å². The summed E-state index contributed by atoms with van der Waals surface area (Å²) in [6.45, 7) is 6.77. The van der Waals surface area contributed by atoms with Gasteiger partial charge in [0.25, 0.3) is 5.91 Å². The van der Waals surface area contributed by atoms with Crippen LogP contribution in [0.25, 0.3) is 11.1 Å². The molecule has 8 heteroatoms. The van der Waals surface area contributed by atoms with Crippen LogP contribution in [0.2, 0.25) is 0 Å². The number of rotatable bonds is 11. The average molecular weight is 489 g/mol. The van der Waals surface area contributed by atoms with E-state index in [2.05, 4.69) is 39.8 Å². The Morgan fingerprint density at radius 1 is 1.03 bits per heavy atom. The van der Waals surface area contributed by atoms with E-state index in [1.807, 2.05) is 31.2 Å². The minimum absolute atomic E-state index is 0.144. The highest BCUT2D eigenvalue weighted by atomic mass is 16.2. The third-order valence-corrected chi connectivity index (χ3v) is 7.58. The van der Waals surface area contributed by atoms with Gasteiger partial charge in [-0.1, -0.05) is 26.0 Å². The topological polar surface area (TPSA) is 105 Å². The lowest BCUT2D eigenvalue weighted by atomic mass is 9.88. The number of aromatic amines is 1. The van der Waals surface area contributed by atoms with Crippen molar-refractivity contribution in [2.45, 2.75) is 71.9 Å². The van der Waals surface area contributed by atoms with E-state index in [-0.39, 0.29) is 17.7 Å². The Balaban J connectivity index is 1.36. The van der Waals surface area contributed by atoms with E-state index in [4.69, 9.17) is 0 Å². The second-order valence-corrected chi connectivity index (χ2v) is 10.0. The Labute approximate surface area is 212 Å². The fourth-order valence-electron chi connectivity index (χ4n) is 5.43. The summed E-state index contributed by atoms with van der Waals surface area (Å²) in [6.07, 6.45) is 7.88. The Morgan fingerprint density at radius 2 is 1.72 bits per heavy atom. The number of nitrogens with one attached hydrogen (secondary N) is 3. The van der Waals surface area contributed by atoms with Gasteiger partial charge in [0.05, 0.1) is 5.69 Å². The van der Waals surface area contributed by atoms with Gasteiger partial charge in [-0.3, -0.25) is 19.4 Å². The molecule has 2 aliphatic carbocycles. The molecule has 2 fully saturated rings. The molecule has 2 heterocycles. The van der Waals surface area contributed by atoms with Crippen LogP contribution in [-0.2, 0) is 24.2 Å². The molecule has 2 aromatic heterocycles. The molecule has 2 saturated carbocycles. The number of hydrogen-bond donors (Lipinski definition) is 3. The molecule has 0 bridgehead atoms. The molecule has 1 atom stereocenters. The van der Waals surface area contributed by atoms with Crippen molar-refractivity contribution in [3.05, 3.63) is 53.6 Å². The quantitative estimate of drug-likeness (QED) is 0.367. The van der Waals surface area contributed by atoms with Crippen LogP contribution < -0.4 is 10.6 Å². The number of hydrogen-bond acceptors (Lipinski definition) is 4.